The van der Waals surface area contributed by atoms with Crippen LogP contribution in [0.25, 0.3) is 16.9 Å². The number of aryl methyl sites for hydroxylation is 1. The summed E-state index contributed by atoms with van der Waals surface area (Å²) in [5.41, 5.74) is 6.45. The molecule has 24 heavy (non-hydrogen) atoms. The van der Waals surface area contributed by atoms with E-state index in [1.165, 1.54) is 11.1 Å². The maximum Gasteiger partial charge on any atom is 0.157 e. The topological polar surface area (TPSA) is 36.3 Å². The van der Waals surface area contributed by atoms with Crippen molar-refractivity contribution in [3.8, 4) is 16.9 Å². The van der Waals surface area contributed by atoms with E-state index in [4.69, 9.17) is 14.6 Å². The van der Waals surface area contributed by atoms with Gasteiger partial charge in [-0.25, -0.2) is 4.68 Å². The van der Waals surface area contributed by atoms with Crippen molar-refractivity contribution >= 4 is 0 Å². The molecule has 5 rings (SSSR count). The molecule has 0 N–H and O–H groups in total. The summed E-state index contributed by atoms with van der Waals surface area (Å²) in [6.45, 7) is 3.90. The van der Waals surface area contributed by atoms with Crippen molar-refractivity contribution in [2.24, 2.45) is 0 Å². The summed E-state index contributed by atoms with van der Waals surface area (Å²) in [7, 11) is 0. The van der Waals surface area contributed by atoms with Crippen LogP contribution in [0.3, 0.4) is 0 Å². The minimum Gasteiger partial charge on any atom is -0.374 e. The molecule has 0 amide bonds. The molecule has 3 aromatic rings. The van der Waals surface area contributed by atoms with Gasteiger partial charge in [-0.05, 0) is 19.1 Å². The fourth-order valence-electron chi connectivity index (χ4n) is 3.54. The van der Waals surface area contributed by atoms with Crippen LogP contribution in [0.5, 0.6) is 0 Å². The van der Waals surface area contributed by atoms with Crippen LogP contribution in [0.2, 0.25) is 0 Å². The zero-order valence-electron chi connectivity index (χ0n) is 13.5. The quantitative estimate of drug-likeness (QED) is 0.724. The zero-order valence-corrected chi connectivity index (χ0v) is 13.5. The van der Waals surface area contributed by atoms with E-state index in [-0.39, 0.29) is 5.60 Å². The van der Waals surface area contributed by atoms with Gasteiger partial charge in [-0.2, -0.15) is 5.10 Å². The molecule has 0 aliphatic carbocycles. The van der Waals surface area contributed by atoms with Crippen LogP contribution >= 0.6 is 0 Å². The lowest BCUT2D eigenvalue weighted by atomic mass is 9.95. The predicted octanol–water partition coefficient (Wildman–Crippen LogP) is 3.60. The molecule has 1 saturated heterocycles. The molecule has 0 saturated carbocycles. The maximum absolute atomic E-state index is 6.15. The largest absolute Gasteiger partial charge is 0.374 e. The van der Waals surface area contributed by atoms with Gasteiger partial charge in [-0.15, -0.1) is 0 Å². The number of nitrogens with zero attached hydrogens (tertiary/aromatic N) is 2. The number of benzene rings is 2. The molecule has 1 fully saturated rings. The van der Waals surface area contributed by atoms with Gasteiger partial charge in [0.25, 0.3) is 0 Å². The summed E-state index contributed by atoms with van der Waals surface area (Å²) in [6.07, 6.45) is 0. The molecular formula is C20H18N2O2. The first-order chi connectivity index (χ1) is 11.8. The second-order valence-corrected chi connectivity index (χ2v) is 6.56. The molecule has 4 heteroatoms. The van der Waals surface area contributed by atoms with Crippen molar-refractivity contribution in [2.75, 3.05) is 13.2 Å². The van der Waals surface area contributed by atoms with Crippen molar-refractivity contribution in [1.82, 2.24) is 9.78 Å². The average molecular weight is 318 g/mol. The lowest BCUT2D eigenvalue weighted by Gasteiger charge is -2.37. The van der Waals surface area contributed by atoms with Crippen LogP contribution in [-0.4, -0.2) is 23.0 Å². The van der Waals surface area contributed by atoms with Gasteiger partial charge in [0.05, 0.1) is 36.9 Å². The summed E-state index contributed by atoms with van der Waals surface area (Å²) in [4.78, 5) is 0. The normalized spacial score (nSPS) is 17.7. The standard InChI is InChI=1S/C20H18N2O2/c1-14-7-9-15(10-8-14)18-17-11-24-20(12-23-13-20)19(17)22(21-18)16-5-3-2-4-6-16/h2-10H,11-13H2,1H3. The molecule has 0 bridgehead atoms. The van der Waals surface area contributed by atoms with E-state index in [1.807, 2.05) is 22.9 Å². The molecule has 3 heterocycles. The van der Waals surface area contributed by atoms with Crippen molar-refractivity contribution in [2.45, 2.75) is 19.1 Å². The zero-order chi connectivity index (χ0) is 16.1. The number of hydrogen-bond donors (Lipinski definition) is 0. The maximum atomic E-state index is 6.15. The molecule has 1 aromatic heterocycles. The highest BCUT2D eigenvalue weighted by Crippen LogP contribution is 2.46. The van der Waals surface area contributed by atoms with Gasteiger partial charge in [-0.1, -0.05) is 48.0 Å². The minimum absolute atomic E-state index is 0.332. The van der Waals surface area contributed by atoms with Crippen LogP contribution in [0.1, 0.15) is 16.8 Å². The van der Waals surface area contributed by atoms with Crippen molar-refractivity contribution in [1.29, 1.82) is 0 Å². The molecule has 120 valence electrons. The number of rotatable bonds is 2. The Labute approximate surface area is 140 Å². The van der Waals surface area contributed by atoms with E-state index in [1.54, 1.807) is 0 Å². The Morgan fingerprint density at radius 3 is 2.42 bits per heavy atom. The van der Waals surface area contributed by atoms with Gasteiger partial charge in [0.2, 0.25) is 0 Å². The van der Waals surface area contributed by atoms with Crippen LogP contribution in [0.4, 0.5) is 0 Å². The van der Waals surface area contributed by atoms with E-state index in [0.29, 0.717) is 19.8 Å². The predicted molar refractivity (Wildman–Crippen MR) is 91.0 cm³/mol. The number of aromatic nitrogens is 2. The molecule has 0 radical (unpaired) electrons. The lowest BCUT2D eigenvalue weighted by molar-refractivity contribution is -0.212. The van der Waals surface area contributed by atoms with Crippen LogP contribution in [0.15, 0.2) is 54.6 Å². The summed E-state index contributed by atoms with van der Waals surface area (Å²) in [6, 6.07) is 18.8. The van der Waals surface area contributed by atoms with Crippen LogP contribution in [-0.2, 0) is 21.7 Å². The van der Waals surface area contributed by atoms with Crippen molar-refractivity contribution in [3.05, 3.63) is 71.4 Å². The summed E-state index contributed by atoms with van der Waals surface area (Å²) >= 11 is 0. The Morgan fingerprint density at radius 1 is 1.00 bits per heavy atom. The Hall–Kier alpha value is -2.43. The first-order valence-corrected chi connectivity index (χ1v) is 8.23. The molecule has 1 spiro atoms. The van der Waals surface area contributed by atoms with Crippen LogP contribution < -0.4 is 0 Å². The Bertz CT molecular complexity index is 893. The van der Waals surface area contributed by atoms with Crippen molar-refractivity contribution < 1.29 is 9.47 Å². The Morgan fingerprint density at radius 2 is 1.75 bits per heavy atom. The number of para-hydroxylation sites is 1. The summed E-state index contributed by atoms with van der Waals surface area (Å²) in [5.74, 6) is 0. The molecular weight excluding hydrogens is 300 g/mol. The third kappa shape index (κ3) is 1.90. The minimum atomic E-state index is -0.332. The molecule has 2 aliphatic rings. The number of fused-ring (bicyclic) bond motifs is 2. The van der Waals surface area contributed by atoms with Gasteiger partial charge in [0.15, 0.2) is 5.60 Å². The van der Waals surface area contributed by atoms with Gasteiger partial charge in [0.1, 0.15) is 0 Å². The molecule has 2 aromatic carbocycles. The fraction of sp³-hybridized carbons (Fsp3) is 0.250. The second kappa shape index (κ2) is 5.03. The fourth-order valence-corrected chi connectivity index (χ4v) is 3.54. The highest BCUT2D eigenvalue weighted by atomic mass is 16.6. The van der Waals surface area contributed by atoms with Gasteiger partial charge in [-0.3, -0.25) is 0 Å². The van der Waals surface area contributed by atoms with Crippen molar-refractivity contribution in [3.63, 3.8) is 0 Å². The SMILES string of the molecule is Cc1ccc(-c2nn(-c3ccccc3)c3c2COC32COC2)cc1. The van der Waals surface area contributed by atoms with E-state index in [0.717, 1.165) is 22.6 Å². The second-order valence-electron chi connectivity index (χ2n) is 6.56. The van der Waals surface area contributed by atoms with E-state index < -0.39 is 0 Å². The first kappa shape index (κ1) is 14.0. The van der Waals surface area contributed by atoms with E-state index >= 15 is 0 Å². The molecule has 4 nitrogen and oxygen atoms in total. The van der Waals surface area contributed by atoms with Gasteiger partial charge < -0.3 is 9.47 Å². The third-order valence-electron chi connectivity index (χ3n) is 4.90. The monoisotopic (exact) mass is 318 g/mol. The first-order valence-electron chi connectivity index (χ1n) is 8.23. The average Bonchev–Trinajstić information content (AvgIpc) is 3.14. The highest BCUT2D eigenvalue weighted by molar-refractivity contribution is 5.66. The Balaban J connectivity index is 1.73. The summed E-state index contributed by atoms with van der Waals surface area (Å²) < 4.78 is 13.7. The van der Waals surface area contributed by atoms with E-state index in [9.17, 15) is 0 Å². The summed E-state index contributed by atoms with van der Waals surface area (Å²) in [5, 5.41) is 4.96. The highest BCUT2D eigenvalue weighted by Gasteiger charge is 2.51. The number of ether oxygens (including phenoxy) is 2. The smallest absolute Gasteiger partial charge is 0.157 e. The van der Waals surface area contributed by atoms with Gasteiger partial charge in [0, 0.05) is 11.1 Å². The third-order valence-corrected chi connectivity index (χ3v) is 4.90. The van der Waals surface area contributed by atoms with Gasteiger partial charge >= 0.3 is 0 Å². The number of hydrogen-bond acceptors (Lipinski definition) is 3. The lowest BCUT2D eigenvalue weighted by Crippen LogP contribution is -2.47. The molecule has 2 aliphatic heterocycles. The molecule has 0 atom stereocenters. The Kier molecular flexibility index (Phi) is 2.93. The van der Waals surface area contributed by atoms with Crippen LogP contribution in [0, 0.1) is 6.92 Å². The molecule has 0 unspecified atom stereocenters. The van der Waals surface area contributed by atoms with E-state index in [2.05, 4.69) is 43.3 Å².